The van der Waals surface area contributed by atoms with Gasteiger partial charge in [-0.15, -0.1) is 0 Å². The summed E-state index contributed by atoms with van der Waals surface area (Å²) in [5.74, 6) is -0.248. The molecule has 1 rings (SSSR count). The van der Waals surface area contributed by atoms with Crippen molar-refractivity contribution in [3.63, 3.8) is 0 Å². The molecular formula is C12H15ClO4S2. The number of hydrogen-bond acceptors (Lipinski definition) is 4. The highest BCUT2D eigenvalue weighted by Crippen LogP contribution is 2.19. The van der Waals surface area contributed by atoms with Crippen molar-refractivity contribution in [1.29, 1.82) is 0 Å². The van der Waals surface area contributed by atoms with Crippen LogP contribution in [0.5, 0.6) is 0 Å². The normalized spacial score (nSPS) is 14.0. The topological polar surface area (TPSA) is 68.3 Å². The van der Waals surface area contributed by atoms with Crippen molar-refractivity contribution >= 4 is 31.3 Å². The lowest BCUT2D eigenvalue weighted by Crippen LogP contribution is -2.19. The number of halogens is 1. The van der Waals surface area contributed by atoms with Gasteiger partial charge in [0.05, 0.1) is 15.9 Å². The van der Waals surface area contributed by atoms with Crippen LogP contribution < -0.4 is 0 Å². The van der Waals surface area contributed by atoms with Crippen molar-refractivity contribution in [2.24, 2.45) is 0 Å². The lowest BCUT2D eigenvalue weighted by molar-refractivity contribution is 0.583. The first kappa shape index (κ1) is 16.2. The first-order valence-corrected chi connectivity index (χ1v) is 9.17. The lowest BCUT2D eigenvalue weighted by atomic mass is 10.4. The van der Waals surface area contributed by atoms with Crippen molar-refractivity contribution in [3.8, 4) is 0 Å². The Morgan fingerprint density at radius 1 is 1.32 bits per heavy atom. The van der Waals surface area contributed by atoms with E-state index >= 15 is 0 Å². The minimum atomic E-state index is -3.53. The summed E-state index contributed by atoms with van der Waals surface area (Å²) in [5.41, 5.74) is 0. The fraction of sp³-hybridized carbons (Fsp3) is 0.333. The van der Waals surface area contributed by atoms with E-state index in [0.29, 0.717) is 5.02 Å². The van der Waals surface area contributed by atoms with Gasteiger partial charge in [0.25, 0.3) is 0 Å². The summed E-state index contributed by atoms with van der Waals surface area (Å²) in [5, 5.41) is 0.399. The van der Waals surface area contributed by atoms with Gasteiger partial charge in [-0.1, -0.05) is 24.2 Å². The quantitative estimate of drug-likeness (QED) is 0.806. The van der Waals surface area contributed by atoms with E-state index in [1.54, 1.807) is 12.1 Å². The lowest BCUT2D eigenvalue weighted by Gasteiger charge is -2.10. The van der Waals surface area contributed by atoms with Crippen molar-refractivity contribution in [3.05, 3.63) is 41.3 Å². The zero-order valence-electron chi connectivity index (χ0n) is 10.4. The van der Waals surface area contributed by atoms with Crippen LogP contribution in [0.4, 0.5) is 0 Å². The second kappa shape index (κ2) is 6.07. The van der Waals surface area contributed by atoms with Gasteiger partial charge in [-0.2, -0.15) is 0 Å². The van der Waals surface area contributed by atoms with Crippen LogP contribution in [0.15, 0.2) is 41.1 Å². The molecule has 0 saturated carbocycles. The molecule has 0 fully saturated rings. The summed E-state index contributed by atoms with van der Waals surface area (Å²) in [6.45, 7) is 4.68. The molecule has 19 heavy (non-hydrogen) atoms. The van der Waals surface area contributed by atoms with Crippen molar-refractivity contribution in [2.75, 3.05) is 5.75 Å². The first-order valence-electron chi connectivity index (χ1n) is 5.54. The van der Waals surface area contributed by atoms with Crippen LogP contribution in [0.1, 0.15) is 13.3 Å². The van der Waals surface area contributed by atoms with Crippen LogP contribution in [0.2, 0.25) is 5.02 Å². The average molecular weight is 323 g/mol. The van der Waals surface area contributed by atoms with Crippen LogP contribution in [0, 0.1) is 0 Å². The van der Waals surface area contributed by atoms with Crippen LogP contribution in [-0.4, -0.2) is 27.8 Å². The van der Waals surface area contributed by atoms with Crippen molar-refractivity contribution in [2.45, 2.75) is 23.5 Å². The van der Waals surface area contributed by atoms with E-state index < -0.39 is 24.9 Å². The predicted molar refractivity (Wildman–Crippen MR) is 76.7 cm³/mol. The molecule has 0 saturated heterocycles. The van der Waals surface area contributed by atoms with Gasteiger partial charge in [-0.05, 0) is 31.5 Å². The summed E-state index contributed by atoms with van der Waals surface area (Å²) in [6.07, 6.45) is 0.0171. The molecule has 0 N–H and O–H groups in total. The number of rotatable bonds is 6. The molecule has 1 aromatic carbocycles. The second-order valence-corrected chi connectivity index (χ2v) is 8.99. The van der Waals surface area contributed by atoms with Crippen LogP contribution in [0.25, 0.3) is 0 Å². The minimum absolute atomic E-state index is 0.0171. The SMILES string of the molecule is C=CS(=O)(=O)C(C)CCS(=O)(=O)c1cccc(Cl)c1. The zero-order chi connectivity index (χ0) is 14.7. The highest BCUT2D eigenvalue weighted by molar-refractivity contribution is 7.95. The molecule has 0 amide bonds. The molecule has 1 unspecified atom stereocenters. The molecule has 0 heterocycles. The third-order valence-electron chi connectivity index (χ3n) is 2.74. The summed E-state index contributed by atoms with van der Waals surface area (Å²) in [7, 11) is -6.97. The van der Waals surface area contributed by atoms with Gasteiger partial charge >= 0.3 is 0 Å². The van der Waals surface area contributed by atoms with Crippen LogP contribution >= 0.6 is 11.6 Å². The van der Waals surface area contributed by atoms with Crippen LogP contribution in [-0.2, 0) is 19.7 Å². The molecule has 0 bridgehead atoms. The van der Waals surface area contributed by atoms with E-state index in [4.69, 9.17) is 11.6 Å². The second-order valence-electron chi connectivity index (χ2n) is 4.13. The molecule has 1 atom stereocenters. The van der Waals surface area contributed by atoms with E-state index in [2.05, 4.69) is 6.58 Å². The number of hydrogen-bond donors (Lipinski definition) is 0. The maximum atomic E-state index is 12.0. The summed E-state index contributed by atoms with van der Waals surface area (Å²) >= 11 is 5.74. The summed E-state index contributed by atoms with van der Waals surface area (Å²) in [6, 6.07) is 5.90. The maximum Gasteiger partial charge on any atom is 0.178 e. The summed E-state index contributed by atoms with van der Waals surface area (Å²) in [4.78, 5) is 0.100. The smallest absolute Gasteiger partial charge is 0.178 e. The minimum Gasteiger partial charge on any atom is -0.224 e. The zero-order valence-corrected chi connectivity index (χ0v) is 12.8. The highest BCUT2D eigenvalue weighted by Gasteiger charge is 2.22. The van der Waals surface area contributed by atoms with Gasteiger partial charge < -0.3 is 0 Å². The van der Waals surface area contributed by atoms with Gasteiger partial charge in [0.1, 0.15) is 0 Å². The van der Waals surface area contributed by atoms with Gasteiger partial charge in [0, 0.05) is 10.4 Å². The Bertz CT molecular complexity index is 663. The third kappa shape index (κ3) is 4.33. The molecule has 4 nitrogen and oxygen atoms in total. The Labute approximate surface area is 118 Å². The molecule has 0 spiro atoms. The average Bonchev–Trinajstić information content (AvgIpc) is 2.36. The van der Waals surface area contributed by atoms with E-state index in [9.17, 15) is 16.8 Å². The van der Waals surface area contributed by atoms with Crippen LogP contribution in [0.3, 0.4) is 0 Å². The molecule has 1 aromatic rings. The Morgan fingerprint density at radius 2 is 1.95 bits per heavy atom. The molecular weight excluding hydrogens is 308 g/mol. The fourth-order valence-electron chi connectivity index (χ4n) is 1.43. The molecule has 7 heteroatoms. The maximum absolute atomic E-state index is 12.0. The first-order chi connectivity index (χ1) is 8.69. The monoisotopic (exact) mass is 322 g/mol. The predicted octanol–water partition coefficient (Wildman–Crippen LogP) is 2.45. The van der Waals surface area contributed by atoms with E-state index in [1.165, 1.54) is 19.1 Å². The number of benzene rings is 1. The Balaban J connectivity index is 2.85. The fourth-order valence-corrected chi connectivity index (χ4v) is 4.10. The molecule has 0 radical (unpaired) electrons. The van der Waals surface area contributed by atoms with Gasteiger partial charge in [-0.25, -0.2) is 16.8 Å². The Morgan fingerprint density at radius 3 is 2.47 bits per heavy atom. The van der Waals surface area contributed by atoms with Crippen molar-refractivity contribution < 1.29 is 16.8 Å². The van der Waals surface area contributed by atoms with Gasteiger partial charge in [0.15, 0.2) is 19.7 Å². The van der Waals surface area contributed by atoms with E-state index in [0.717, 1.165) is 5.41 Å². The third-order valence-corrected chi connectivity index (χ3v) is 6.54. The van der Waals surface area contributed by atoms with Gasteiger partial charge in [-0.3, -0.25) is 0 Å². The molecule has 0 aliphatic rings. The Kier molecular flexibility index (Phi) is 5.18. The largest absolute Gasteiger partial charge is 0.224 e. The van der Waals surface area contributed by atoms with Crippen molar-refractivity contribution in [1.82, 2.24) is 0 Å². The van der Waals surface area contributed by atoms with E-state index in [-0.39, 0.29) is 17.1 Å². The molecule has 0 aliphatic heterocycles. The molecule has 106 valence electrons. The molecule has 0 aromatic heterocycles. The molecule has 0 aliphatic carbocycles. The highest BCUT2D eigenvalue weighted by atomic mass is 35.5. The standard InChI is InChI=1S/C12H15ClO4S2/c1-3-18(14,15)10(2)7-8-19(16,17)12-6-4-5-11(13)9-12/h3-6,9-10H,1,7-8H2,2H3. The summed E-state index contributed by atoms with van der Waals surface area (Å²) < 4.78 is 47.0. The van der Waals surface area contributed by atoms with E-state index in [1.807, 2.05) is 0 Å². The van der Waals surface area contributed by atoms with Gasteiger partial charge in [0.2, 0.25) is 0 Å². The Hall–Kier alpha value is -0.850. The number of sulfone groups is 2.